The highest BCUT2D eigenvalue weighted by molar-refractivity contribution is 6.33. The van der Waals surface area contributed by atoms with Crippen molar-refractivity contribution < 1.29 is 28.6 Å². The van der Waals surface area contributed by atoms with Crippen LogP contribution >= 0.6 is 11.6 Å². The van der Waals surface area contributed by atoms with E-state index in [0.29, 0.717) is 21.8 Å². The van der Waals surface area contributed by atoms with Crippen molar-refractivity contribution in [2.75, 3.05) is 13.7 Å². The molecule has 2 amide bonds. The third-order valence-electron chi connectivity index (χ3n) is 8.10. The van der Waals surface area contributed by atoms with Crippen LogP contribution in [0.2, 0.25) is 5.02 Å². The van der Waals surface area contributed by atoms with E-state index in [1.54, 1.807) is 42.6 Å². The minimum atomic E-state index is -1.71. The summed E-state index contributed by atoms with van der Waals surface area (Å²) in [5.41, 5.74) is 1.13. The number of nitrogens with zero attached hydrogens (tertiary/aromatic N) is 3. The standard InChI is InChI=1S/C37H38ClFN4O5/c1-23-10-9-17-40-32(23)27-18-25(13-16-29(27)38)31(20-44)43-33(45)37(22-36(2,3)4,28-15-14-26(47-5)19-30(28)39)42-34(43)41-35(46)48-21-24-11-7-6-8-12-24/h6-19,31,44H,20-22H2,1-5H3,(H,41,42,46)/t31-,37?/m1/s1. The number of aliphatic imine (C=N–C) groups is 1. The number of halogens is 2. The van der Waals surface area contributed by atoms with E-state index in [0.717, 1.165) is 11.1 Å². The molecule has 1 unspecified atom stereocenters. The molecule has 1 aliphatic heterocycles. The Kier molecular flexibility index (Phi) is 10.2. The van der Waals surface area contributed by atoms with Crippen LogP contribution in [0, 0.1) is 18.2 Å². The van der Waals surface area contributed by atoms with Gasteiger partial charge in [0.05, 0.1) is 25.5 Å². The summed E-state index contributed by atoms with van der Waals surface area (Å²) < 4.78 is 26.6. The Balaban J connectivity index is 1.65. The van der Waals surface area contributed by atoms with Crippen LogP contribution in [0.25, 0.3) is 11.3 Å². The molecule has 2 N–H and O–H groups in total. The van der Waals surface area contributed by atoms with Crippen molar-refractivity contribution in [3.05, 3.63) is 118 Å². The molecule has 0 radical (unpaired) electrons. The SMILES string of the molecule is COc1ccc(C2(CC(C)(C)C)NC(=NC(=O)OCc3ccccc3)N([C@H](CO)c3ccc(Cl)c(-c4ncccc4C)c3)C2=O)c(F)c1. The fourth-order valence-corrected chi connectivity index (χ4v) is 6.22. The van der Waals surface area contributed by atoms with E-state index in [4.69, 9.17) is 21.1 Å². The molecular weight excluding hydrogens is 635 g/mol. The van der Waals surface area contributed by atoms with Crippen molar-refractivity contribution in [3.8, 4) is 17.0 Å². The lowest BCUT2D eigenvalue weighted by atomic mass is 9.75. The van der Waals surface area contributed by atoms with Gasteiger partial charge in [-0.25, -0.2) is 9.18 Å². The Labute approximate surface area is 284 Å². The second-order valence-corrected chi connectivity index (χ2v) is 13.3. The molecule has 2 atom stereocenters. The van der Waals surface area contributed by atoms with E-state index in [-0.39, 0.29) is 30.3 Å². The van der Waals surface area contributed by atoms with E-state index >= 15 is 4.39 Å². The van der Waals surface area contributed by atoms with Gasteiger partial charge < -0.3 is 19.9 Å². The highest BCUT2D eigenvalue weighted by atomic mass is 35.5. The Hall–Kier alpha value is -4.80. The number of carbonyl (C=O) groups is 2. The molecule has 4 aromatic rings. The van der Waals surface area contributed by atoms with Gasteiger partial charge in [0.25, 0.3) is 5.91 Å². The first-order valence-corrected chi connectivity index (χ1v) is 15.8. The Bertz CT molecular complexity index is 1850. The highest BCUT2D eigenvalue weighted by Crippen LogP contribution is 2.44. The molecule has 0 saturated carbocycles. The average molecular weight is 673 g/mol. The molecule has 11 heteroatoms. The highest BCUT2D eigenvalue weighted by Gasteiger charge is 2.56. The number of amides is 2. The van der Waals surface area contributed by atoms with Gasteiger partial charge in [-0.15, -0.1) is 4.99 Å². The zero-order valence-electron chi connectivity index (χ0n) is 27.5. The first-order chi connectivity index (χ1) is 22.9. The van der Waals surface area contributed by atoms with Crippen molar-refractivity contribution in [2.45, 2.75) is 52.3 Å². The second kappa shape index (κ2) is 14.1. The van der Waals surface area contributed by atoms with Crippen LogP contribution in [0.4, 0.5) is 9.18 Å². The number of aliphatic hydroxyl groups is 1. The summed E-state index contributed by atoms with van der Waals surface area (Å²) >= 11 is 6.63. The van der Waals surface area contributed by atoms with Gasteiger partial charge >= 0.3 is 6.09 Å². The summed E-state index contributed by atoms with van der Waals surface area (Å²) in [4.78, 5) is 38.0. The second-order valence-electron chi connectivity index (χ2n) is 12.9. The van der Waals surface area contributed by atoms with Crippen molar-refractivity contribution in [1.82, 2.24) is 15.2 Å². The fraction of sp³-hybridized carbons (Fsp3) is 0.297. The maximum atomic E-state index is 15.9. The third kappa shape index (κ3) is 7.19. The predicted octanol–water partition coefficient (Wildman–Crippen LogP) is 7.35. The number of methoxy groups -OCH3 is 1. The van der Waals surface area contributed by atoms with Gasteiger partial charge in [0, 0.05) is 28.4 Å². The number of hydrogen-bond acceptors (Lipinski definition) is 6. The molecule has 0 bridgehead atoms. The van der Waals surface area contributed by atoms with Crippen LogP contribution in [0.5, 0.6) is 5.75 Å². The number of benzene rings is 3. The molecule has 1 aliphatic rings. The molecule has 5 rings (SSSR count). The molecule has 48 heavy (non-hydrogen) atoms. The van der Waals surface area contributed by atoms with Crippen LogP contribution in [0.15, 0.2) is 90.1 Å². The number of aliphatic hydroxyl groups excluding tert-OH is 1. The smallest absolute Gasteiger partial charge is 0.437 e. The number of nitrogens with one attached hydrogen (secondary N) is 1. The van der Waals surface area contributed by atoms with Crippen LogP contribution in [0.3, 0.4) is 0 Å². The zero-order valence-corrected chi connectivity index (χ0v) is 28.2. The summed E-state index contributed by atoms with van der Waals surface area (Å²) in [6.07, 6.45) is 0.783. The molecule has 3 aromatic carbocycles. The lowest BCUT2D eigenvalue weighted by Crippen LogP contribution is -2.47. The number of rotatable bonds is 9. The first-order valence-electron chi connectivity index (χ1n) is 15.4. The number of aryl methyl sites for hydroxylation is 1. The lowest BCUT2D eigenvalue weighted by Gasteiger charge is -2.35. The average Bonchev–Trinajstić information content (AvgIpc) is 3.31. The molecule has 1 fully saturated rings. The van der Waals surface area contributed by atoms with Crippen LogP contribution in [0.1, 0.15) is 55.5 Å². The normalized spacial score (nSPS) is 17.7. The van der Waals surface area contributed by atoms with Gasteiger partial charge in [0.1, 0.15) is 23.7 Å². The molecule has 1 aromatic heterocycles. The van der Waals surface area contributed by atoms with E-state index in [2.05, 4.69) is 15.3 Å². The summed E-state index contributed by atoms with van der Waals surface area (Å²) in [5, 5.41) is 14.5. The largest absolute Gasteiger partial charge is 0.497 e. The molecule has 1 saturated heterocycles. The minimum absolute atomic E-state index is 0.0358. The number of pyridine rings is 1. The Morgan fingerprint density at radius 3 is 2.50 bits per heavy atom. The lowest BCUT2D eigenvalue weighted by molar-refractivity contribution is -0.135. The van der Waals surface area contributed by atoms with Gasteiger partial charge in [-0.05, 0) is 65.8 Å². The van der Waals surface area contributed by atoms with Crippen LogP contribution < -0.4 is 10.1 Å². The Morgan fingerprint density at radius 1 is 1.10 bits per heavy atom. The quantitative estimate of drug-likeness (QED) is 0.191. The zero-order chi connectivity index (χ0) is 34.6. The van der Waals surface area contributed by atoms with E-state index in [9.17, 15) is 14.7 Å². The molecule has 0 spiro atoms. The minimum Gasteiger partial charge on any atom is -0.497 e. The number of carbonyl (C=O) groups excluding carboxylic acids is 2. The number of ether oxygens (including phenoxy) is 2. The number of hydrogen-bond donors (Lipinski definition) is 2. The van der Waals surface area contributed by atoms with Crippen molar-refractivity contribution in [1.29, 1.82) is 0 Å². The summed E-state index contributed by atoms with van der Waals surface area (Å²) in [6.45, 7) is 7.04. The monoisotopic (exact) mass is 672 g/mol. The van der Waals surface area contributed by atoms with Crippen LogP contribution in [-0.2, 0) is 21.7 Å². The summed E-state index contributed by atoms with van der Waals surface area (Å²) in [7, 11) is 1.42. The molecule has 2 heterocycles. The molecule has 9 nitrogen and oxygen atoms in total. The van der Waals surface area contributed by atoms with Crippen molar-refractivity contribution in [2.24, 2.45) is 10.4 Å². The maximum absolute atomic E-state index is 15.9. The van der Waals surface area contributed by atoms with Gasteiger partial charge in [-0.3, -0.25) is 14.7 Å². The Morgan fingerprint density at radius 2 is 1.85 bits per heavy atom. The number of guanidine groups is 1. The van der Waals surface area contributed by atoms with Gasteiger partial charge in [-0.2, -0.15) is 0 Å². The first kappa shape index (κ1) is 34.5. The number of aromatic nitrogens is 1. The summed E-state index contributed by atoms with van der Waals surface area (Å²) in [6, 6.07) is 21.1. The fourth-order valence-electron chi connectivity index (χ4n) is 6.01. The van der Waals surface area contributed by atoms with E-state index in [1.807, 2.05) is 58.0 Å². The van der Waals surface area contributed by atoms with E-state index in [1.165, 1.54) is 24.1 Å². The van der Waals surface area contributed by atoms with Crippen molar-refractivity contribution >= 4 is 29.6 Å². The van der Waals surface area contributed by atoms with Gasteiger partial charge in [-0.1, -0.05) is 74.8 Å². The maximum Gasteiger partial charge on any atom is 0.437 e. The van der Waals surface area contributed by atoms with Gasteiger partial charge in [0.2, 0.25) is 5.96 Å². The van der Waals surface area contributed by atoms with Gasteiger partial charge in [0.15, 0.2) is 0 Å². The molecule has 0 aliphatic carbocycles. The molecular formula is C37H38ClFN4O5. The van der Waals surface area contributed by atoms with Crippen molar-refractivity contribution in [3.63, 3.8) is 0 Å². The third-order valence-corrected chi connectivity index (χ3v) is 8.43. The van der Waals surface area contributed by atoms with Crippen LogP contribution in [-0.4, -0.2) is 46.7 Å². The molecule has 250 valence electrons. The predicted molar refractivity (Wildman–Crippen MR) is 182 cm³/mol. The topological polar surface area (TPSA) is 113 Å². The van der Waals surface area contributed by atoms with E-state index < -0.39 is 41.4 Å². The summed E-state index contributed by atoms with van der Waals surface area (Å²) in [5.74, 6) is -1.22.